The van der Waals surface area contributed by atoms with Gasteiger partial charge in [-0.25, -0.2) is 0 Å². The normalized spacial score (nSPS) is 10.1. The summed E-state index contributed by atoms with van der Waals surface area (Å²) in [7, 11) is 0. The first-order valence-corrected chi connectivity index (χ1v) is 5.75. The molecular weight excluding hydrogens is 198 g/mol. The van der Waals surface area contributed by atoms with E-state index >= 15 is 0 Å². The average Bonchev–Trinajstić information content (AvgIpc) is 2.35. The van der Waals surface area contributed by atoms with Crippen molar-refractivity contribution < 1.29 is 0 Å². The Morgan fingerprint density at radius 1 is 1.25 bits per heavy atom. The Morgan fingerprint density at radius 2 is 2.00 bits per heavy atom. The Bertz CT molecular complexity index is 316. The average molecular weight is 217 g/mol. The molecule has 0 spiro atoms. The van der Waals surface area contributed by atoms with E-state index in [-0.39, 0.29) is 0 Å². The van der Waals surface area contributed by atoms with Crippen molar-refractivity contribution in [2.75, 3.05) is 31.5 Å². The Labute approximate surface area is 97.7 Å². The minimum absolute atomic E-state index is 0.610. The Hall–Kier alpha value is -1.53. The minimum atomic E-state index is 0.610. The molecule has 0 fully saturated rings. The molecule has 0 aromatic heterocycles. The number of hydrogen-bond acceptors (Lipinski definition) is 3. The van der Waals surface area contributed by atoms with E-state index in [2.05, 4.69) is 35.3 Å². The zero-order valence-corrected chi connectivity index (χ0v) is 9.82. The molecule has 3 nitrogen and oxygen atoms in total. The molecule has 0 amide bonds. The molecule has 1 aromatic rings. The molecule has 0 aliphatic rings. The van der Waals surface area contributed by atoms with Crippen LogP contribution in [0.3, 0.4) is 0 Å². The van der Waals surface area contributed by atoms with Gasteiger partial charge in [0.15, 0.2) is 0 Å². The third-order valence-corrected chi connectivity index (χ3v) is 2.52. The van der Waals surface area contributed by atoms with Gasteiger partial charge in [0.2, 0.25) is 0 Å². The lowest BCUT2D eigenvalue weighted by Crippen LogP contribution is -2.29. The second-order valence-corrected chi connectivity index (χ2v) is 3.64. The molecule has 0 bridgehead atoms. The van der Waals surface area contributed by atoms with Gasteiger partial charge in [0.1, 0.15) is 0 Å². The summed E-state index contributed by atoms with van der Waals surface area (Å²) in [4.78, 5) is 2.28. The van der Waals surface area contributed by atoms with Crippen LogP contribution in [0.5, 0.6) is 0 Å². The van der Waals surface area contributed by atoms with Gasteiger partial charge in [-0.1, -0.05) is 25.1 Å². The largest absolute Gasteiger partial charge is 0.384 e. The van der Waals surface area contributed by atoms with Crippen LogP contribution >= 0.6 is 0 Å². The molecule has 1 aromatic carbocycles. The molecule has 16 heavy (non-hydrogen) atoms. The quantitative estimate of drug-likeness (QED) is 0.762. The van der Waals surface area contributed by atoms with Gasteiger partial charge in [0.25, 0.3) is 0 Å². The summed E-state index contributed by atoms with van der Waals surface area (Å²) >= 11 is 0. The van der Waals surface area contributed by atoms with Gasteiger partial charge in [0.05, 0.1) is 6.07 Å². The highest BCUT2D eigenvalue weighted by Crippen LogP contribution is 2.04. The fourth-order valence-corrected chi connectivity index (χ4v) is 1.55. The third-order valence-electron chi connectivity index (χ3n) is 2.52. The number of likely N-dealkylation sites (N-methyl/N-ethyl adjacent to an activating group) is 1. The maximum absolute atomic E-state index is 8.52. The lowest BCUT2D eigenvalue weighted by Gasteiger charge is -2.19. The van der Waals surface area contributed by atoms with Crippen molar-refractivity contribution in [1.82, 2.24) is 4.90 Å². The summed E-state index contributed by atoms with van der Waals surface area (Å²) in [6.45, 7) is 5.89. The summed E-state index contributed by atoms with van der Waals surface area (Å²) < 4.78 is 0. The molecule has 1 N–H and O–H groups in total. The lowest BCUT2D eigenvalue weighted by molar-refractivity contribution is 0.306. The zero-order chi connectivity index (χ0) is 11.6. The SMILES string of the molecule is CCN(CCC#N)CCNc1ccccc1. The fourth-order valence-electron chi connectivity index (χ4n) is 1.55. The van der Waals surface area contributed by atoms with Gasteiger partial charge < -0.3 is 10.2 Å². The number of nitrogens with one attached hydrogen (secondary N) is 1. The van der Waals surface area contributed by atoms with Crippen molar-refractivity contribution in [2.45, 2.75) is 13.3 Å². The molecule has 0 aliphatic heterocycles. The van der Waals surface area contributed by atoms with E-state index in [1.807, 2.05) is 18.2 Å². The predicted octanol–water partition coefficient (Wildman–Crippen LogP) is 2.33. The van der Waals surface area contributed by atoms with Crippen LogP contribution in [0.15, 0.2) is 30.3 Å². The first-order valence-electron chi connectivity index (χ1n) is 5.75. The Kier molecular flexibility index (Phi) is 6.05. The molecule has 1 rings (SSSR count). The third kappa shape index (κ3) is 4.81. The first-order chi connectivity index (χ1) is 7.86. The van der Waals surface area contributed by atoms with Crippen LogP contribution in [0.25, 0.3) is 0 Å². The van der Waals surface area contributed by atoms with E-state index in [0.29, 0.717) is 6.42 Å². The number of nitriles is 1. The molecule has 0 saturated heterocycles. The molecule has 0 heterocycles. The van der Waals surface area contributed by atoms with Gasteiger partial charge in [-0.15, -0.1) is 0 Å². The molecule has 0 saturated carbocycles. The number of para-hydroxylation sites is 1. The van der Waals surface area contributed by atoms with E-state index in [4.69, 9.17) is 5.26 Å². The molecule has 0 aliphatic carbocycles. The van der Waals surface area contributed by atoms with E-state index in [9.17, 15) is 0 Å². The number of nitrogens with zero attached hydrogens (tertiary/aromatic N) is 2. The monoisotopic (exact) mass is 217 g/mol. The molecular formula is C13H19N3. The van der Waals surface area contributed by atoms with Gasteiger partial charge in [-0.05, 0) is 18.7 Å². The van der Waals surface area contributed by atoms with Crippen molar-refractivity contribution >= 4 is 5.69 Å². The predicted molar refractivity (Wildman–Crippen MR) is 67.3 cm³/mol. The van der Waals surface area contributed by atoms with Crippen molar-refractivity contribution in [2.24, 2.45) is 0 Å². The van der Waals surface area contributed by atoms with Crippen LogP contribution in [-0.4, -0.2) is 31.1 Å². The molecule has 0 unspecified atom stereocenters. The van der Waals surface area contributed by atoms with Crippen LogP contribution < -0.4 is 5.32 Å². The van der Waals surface area contributed by atoms with Gasteiger partial charge in [-0.2, -0.15) is 5.26 Å². The van der Waals surface area contributed by atoms with Crippen LogP contribution in [-0.2, 0) is 0 Å². The van der Waals surface area contributed by atoms with Crippen molar-refractivity contribution in [1.29, 1.82) is 5.26 Å². The molecule has 0 atom stereocenters. The summed E-state index contributed by atoms with van der Waals surface area (Å²) in [5.74, 6) is 0. The smallest absolute Gasteiger partial charge is 0.0635 e. The highest BCUT2D eigenvalue weighted by molar-refractivity contribution is 5.42. The van der Waals surface area contributed by atoms with Gasteiger partial charge in [0, 0.05) is 31.7 Å². The minimum Gasteiger partial charge on any atom is -0.384 e. The topological polar surface area (TPSA) is 39.1 Å². The number of rotatable bonds is 7. The van der Waals surface area contributed by atoms with Gasteiger partial charge in [-0.3, -0.25) is 0 Å². The Morgan fingerprint density at radius 3 is 2.62 bits per heavy atom. The molecule has 0 radical (unpaired) electrons. The second kappa shape index (κ2) is 7.72. The van der Waals surface area contributed by atoms with Crippen LogP contribution in [0.2, 0.25) is 0 Å². The summed E-state index contributed by atoms with van der Waals surface area (Å²) in [6, 6.07) is 12.4. The fraction of sp³-hybridized carbons (Fsp3) is 0.462. The molecule has 3 heteroatoms. The zero-order valence-electron chi connectivity index (χ0n) is 9.82. The maximum atomic E-state index is 8.52. The van der Waals surface area contributed by atoms with Crippen molar-refractivity contribution in [3.8, 4) is 6.07 Å². The molecule has 86 valence electrons. The van der Waals surface area contributed by atoms with E-state index in [1.54, 1.807) is 0 Å². The van der Waals surface area contributed by atoms with E-state index < -0.39 is 0 Å². The second-order valence-electron chi connectivity index (χ2n) is 3.64. The van der Waals surface area contributed by atoms with E-state index in [0.717, 1.165) is 31.9 Å². The van der Waals surface area contributed by atoms with Gasteiger partial charge >= 0.3 is 0 Å². The van der Waals surface area contributed by atoms with E-state index in [1.165, 1.54) is 0 Å². The highest BCUT2D eigenvalue weighted by atomic mass is 15.1. The number of benzene rings is 1. The van der Waals surface area contributed by atoms with Crippen LogP contribution in [0.1, 0.15) is 13.3 Å². The standard InChI is InChI=1S/C13H19N3/c1-2-16(11-6-9-14)12-10-15-13-7-4-3-5-8-13/h3-5,7-8,15H,2,6,10-12H2,1H3. The number of anilines is 1. The number of hydrogen-bond donors (Lipinski definition) is 1. The van der Waals surface area contributed by atoms with Crippen LogP contribution in [0, 0.1) is 11.3 Å². The maximum Gasteiger partial charge on any atom is 0.0635 e. The first kappa shape index (κ1) is 12.5. The summed E-state index contributed by atoms with van der Waals surface area (Å²) in [5.41, 5.74) is 1.15. The van der Waals surface area contributed by atoms with Crippen molar-refractivity contribution in [3.63, 3.8) is 0 Å². The Balaban J connectivity index is 2.21. The summed E-state index contributed by atoms with van der Waals surface area (Å²) in [5, 5.41) is 11.9. The summed E-state index contributed by atoms with van der Waals surface area (Å²) in [6.07, 6.45) is 0.610. The van der Waals surface area contributed by atoms with Crippen LogP contribution in [0.4, 0.5) is 5.69 Å². The van der Waals surface area contributed by atoms with Crippen molar-refractivity contribution in [3.05, 3.63) is 30.3 Å². The lowest BCUT2D eigenvalue weighted by atomic mass is 10.3. The highest BCUT2D eigenvalue weighted by Gasteiger charge is 2.00.